The topological polar surface area (TPSA) is 29.1 Å². The Morgan fingerprint density at radius 2 is 2.23 bits per heavy atom. The Balaban J connectivity index is 2.42. The lowest BCUT2D eigenvalue weighted by molar-refractivity contribution is -0.124. The fourth-order valence-corrected chi connectivity index (χ4v) is 1.74. The summed E-state index contributed by atoms with van der Waals surface area (Å²) in [6.07, 6.45) is 3.58. The van der Waals surface area contributed by atoms with E-state index in [1.165, 1.54) is 0 Å². The van der Waals surface area contributed by atoms with Crippen molar-refractivity contribution >= 4 is 5.78 Å². The molecule has 1 aliphatic heterocycles. The maximum absolute atomic E-state index is 11.8. The van der Waals surface area contributed by atoms with E-state index in [1.807, 2.05) is 13.8 Å². The van der Waals surface area contributed by atoms with E-state index < -0.39 is 0 Å². The molecule has 74 valence electrons. The van der Waals surface area contributed by atoms with Crippen LogP contribution in [0.1, 0.15) is 39.5 Å². The second kappa shape index (κ2) is 4.05. The molecule has 1 heterocycles. The van der Waals surface area contributed by atoms with Crippen LogP contribution in [0.3, 0.4) is 0 Å². The maximum atomic E-state index is 11.8. The highest BCUT2D eigenvalue weighted by Crippen LogP contribution is 2.22. The third-order valence-corrected chi connectivity index (χ3v) is 2.76. The molecule has 0 amide bonds. The van der Waals surface area contributed by atoms with Gasteiger partial charge < -0.3 is 5.32 Å². The van der Waals surface area contributed by atoms with E-state index in [0.717, 1.165) is 31.4 Å². The Morgan fingerprint density at radius 3 is 2.69 bits per heavy atom. The predicted molar refractivity (Wildman–Crippen MR) is 54.7 cm³/mol. The number of hydrogen-bond acceptors (Lipinski definition) is 2. The van der Waals surface area contributed by atoms with Gasteiger partial charge in [0, 0.05) is 6.42 Å². The Hall–Kier alpha value is -0.630. The van der Waals surface area contributed by atoms with E-state index in [9.17, 15) is 4.79 Å². The minimum absolute atomic E-state index is 0.241. The summed E-state index contributed by atoms with van der Waals surface area (Å²) < 4.78 is 0. The zero-order valence-corrected chi connectivity index (χ0v) is 8.65. The summed E-state index contributed by atoms with van der Waals surface area (Å²) in [6, 6.07) is 0. The fourth-order valence-electron chi connectivity index (χ4n) is 1.74. The lowest BCUT2D eigenvalue weighted by atomic mass is 9.91. The number of carbonyl (C=O) groups is 1. The Morgan fingerprint density at radius 1 is 1.54 bits per heavy atom. The summed E-state index contributed by atoms with van der Waals surface area (Å²) in [7, 11) is 0. The van der Waals surface area contributed by atoms with Crippen LogP contribution >= 0.6 is 0 Å². The van der Waals surface area contributed by atoms with Gasteiger partial charge in [-0.15, -0.1) is 6.58 Å². The standard InChI is InChI=1S/C11H19NO/c1-9(2)5-6-10(13)11(3)7-4-8-12-11/h12H,1,4-8H2,2-3H3. The number of ketones is 1. The maximum Gasteiger partial charge on any atom is 0.152 e. The number of hydrogen-bond donors (Lipinski definition) is 1. The van der Waals surface area contributed by atoms with Crippen LogP contribution in [0.4, 0.5) is 0 Å². The molecule has 1 unspecified atom stereocenters. The summed E-state index contributed by atoms with van der Waals surface area (Å²) in [5.41, 5.74) is 0.852. The van der Waals surface area contributed by atoms with Crippen LogP contribution in [-0.4, -0.2) is 17.9 Å². The first-order valence-corrected chi connectivity index (χ1v) is 4.97. The van der Waals surface area contributed by atoms with Crippen molar-refractivity contribution in [1.82, 2.24) is 5.32 Å². The van der Waals surface area contributed by atoms with Gasteiger partial charge in [0.1, 0.15) is 0 Å². The van der Waals surface area contributed by atoms with Crippen molar-refractivity contribution in [3.8, 4) is 0 Å². The highest BCUT2D eigenvalue weighted by atomic mass is 16.1. The third-order valence-electron chi connectivity index (χ3n) is 2.76. The van der Waals surface area contributed by atoms with Crippen LogP contribution in [-0.2, 0) is 4.79 Å². The molecule has 0 bridgehead atoms. The largest absolute Gasteiger partial charge is 0.305 e. The molecule has 2 heteroatoms. The van der Waals surface area contributed by atoms with Crippen LogP contribution in [0, 0.1) is 0 Å². The smallest absolute Gasteiger partial charge is 0.152 e. The Bertz CT molecular complexity index is 214. The lowest BCUT2D eigenvalue weighted by Crippen LogP contribution is -2.44. The highest BCUT2D eigenvalue weighted by Gasteiger charge is 2.34. The number of rotatable bonds is 4. The molecule has 2 nitrogen and oxygen atoms in total. The van der Waals surface area contributed by atoms with Crippen LogP contribution in [0.25, 0.3) is 0 Å². The molecule has 0 aromatic heterocycles. The van der Waals surface area contributed by atoms with E-state index in [4.69, 9.17) is 0 Å². The second-order valence-corrected chi connectivity index (χ2v) is 4.24. The van der Waals surface area contributed by atoms with Gasteiger partial charge in [-0.1, -0.05) is 5.57 Å². The summed E-state index contributed by atoms with van der Waals surface area (Å²) in [5, 5.41) is 3.28. The predicted octanol–water partition coefficient (Wildman–Crippen LogP) is 2.05. The summed E-state index contributed by atoms with van der Waals surface area (Å²) in [5.74, 6) is 0.341. The van der Waals surface area contributed by atoms with Gasteiger partial charge in [-0.05, 0) is 39.7 Å². The summed E-state index contributed by atoms with van der Waals surface area (Å²) in [4.78, 5) is 11.8. The van der Waals surface area contributed by atoms with Gasteiger partial charge in [-0.3, -0.25) is 4.79 Å². The van der Waals surface area contributed by atoms with Gasteiger partial charge in [-0.25, -0.2) is 0 Å². The van der Waals surface area contributed by atoms with E-state index in [2.05, 4.69) is 11.9 Å². The summed E-state index contributed by atoms with van der Waals surface area (Å²) in [6.45, 7) is 8.77. The van der Waals surface area contributed by atoms with Crippen molar-refractivity contribution in [2.24, 2.45) is 0 Å². The van der Waals surface area contributed by atoms with Gasteiger partial charge in [0.15, 0.2) is 5.78 Å². The van der Waals surface area contributed by atoms with Gasteiger partial charge >= 0.3 is 0 Å². The van der Waals surface area contributed by atoms with Crippen molar-refractivity contribution < 1.29 is 4.79 Å². The first-order chi connectivity index (χ1) is 6.04. The quantitative estimate of drug-likeness (QED) is 0.672. The number of Topliss-reactive ketones (excluding diaryl/α,β-unsaturated/α-hetero) is 1. The van der Waals surface area contributed by atoms with Crippen LogP contribution in [0.2, 0.25) is 0 Å². The van der Waals surface area contributed by atoms with Gasteiger partial charge in [0.05, 0.1) is 5.54 Å². The van der Waals surface area contributed by atoms with E-state index in [1.54, 1.807) is 0 Å². The molecule has 0 aromatic carbocycles. The number of allylic oxidation sites excluding steroid dienone is 1. The highest BCUT2D eigenvalue weighted by molar-refractivity contribution is 5.88. The van der Waals surface area contributed by atoms with Crippen molar-refractivity contribution in [1.29, 1.82) is 0 Å². The van der Waals surface area contributed by atoms with Crippen molar-refractivity contribution in [2.45, 2.75) is 45.1 Å². The molecule has 13 heavy (non-hydrogen) atoms. The third kappa shape index (κ3) is 2.66. The van der Waals surface area contributed by atoms with E-state index >= 15 is 0 Å². The Labute approximate surface area is 80.4 Å². The molecule has 1 fully saturated rings. The molecule has 1 saturated heterocycles. The molecule has 1 aliphatic rings. The number of nitrogens with one attached hydrogen (secondary N) is 1. The Kier molecular flexibility index (Phi) is 3.26. The number of carbonyl (C=O) groups excluding carboxylic acids is 1. The normalized spacial score (nSPS) is 27.5. The first kappa shape index (κ1) is 10.5. The molecule has 0 aromatic rings. The molecular weight excluding hydrogens is 162 g/mol. The minimum atomic E-state index is -0.241. The van der Waals surface area contributed by atoms with Crippen molar-refractivity contribution in [2.75, 3.05) is 6.54 Å². The van der Waals surface area contributed by atoms with E-state index in [-0.39, 0.29) is 5.54 Å². The first-order valence-electron chi connectivity index (χ1n) is 4.97. The fraction of sp³-hybridized carbons (Fsp3) is 0.727. The van der Waals surface area contributed by atoms with E-state index in [0.29, 0.717) is 12.2 Å². The zero-order valence-electron chi connectivity index (χ0n) is 8.65. The SMILES string of the molecule is C=C(C)CCC(=O)C1(C)CCCN1. The molecule has 1 N–H and O–H groups in total. The molecule has 0 aliphatic carbocycles. The monoisotopic (exact) mass is 181 g/mol. The zero-order chi connectivity index (χ0) is 9.90. The molecule has 1 rings (SSSR count). The molecule has 0 spiro atoms. The average molecular weight is 181 g/mol. The van der Waals surface area contributed by atoms with Gasteiger partial charge in [0.2, 0.25) is 0 Å². The molecule has 1 atom stereocenters. The summed E-state index contributed by atoms with van der Waals surface area (Å²) >= 11 is 0. The van der Waals surface area contributed by atoms with Crippen LogP contribution < -0.4 is 5.32 Å². The van der Waals surface area contributed by atoms with Gasteiger partial charge in [-0.2, -0.15) is 0 Å². The molecule has 0 radical (unpaired) electrons. The average Bonchev–Trinajstić information content (AvgIpc) is 2.49. The molecule has 0 saturated carbocycles. The second-order valence-electron chi connectivity index (χ2n) is 4.24. The minimum Gasteiger partial charge on any atom is -0.305 e. The van der Waals surface area contributed by atoms with Crippen molar-refractivity contribution in [3.05, 3.63) is 12.2 Å². The van der Waals surface area contributed by atoms with Crippen molar-refractivity contribution in [3.63, 3.8) is 0 Å². The van der Waals surface area contributed by atoms with Crippen LogP contribution in [0.5, 0.6) is 0 Å². The molecular formula is C11H19NO. The van der Waals surface area contributed by atoms with Gasteiger partial charge in [0.25, 0.3) is 0 Å². The lowest BCUT2D eigenvalue weighted by Gasteiger charge is -2.22. The van der Waals surface area contributed by atoms with Crippen LogP contribution in [0.15, 0.2) is 12.2 Å².